The lowest BCUT2D eigenvalue weighted by atomic mass is 10.2. The van der Waals surface area contributed by atoms with Crippen molar-refractivity contribution in [3.05, 3.63) is 64.2 Å². The Balaban J connectivity index is 1.84. The molecule has 0 unspecified atom stereocenters. The van der Waals surface area contributed by atoms with Crippen LogP contribution in [0.15, 0.2) is 58.4 Å². The van der Waals surface area contributed by atoms with Crippen LogP contribution in [0, 0.1) is 5.82 Å². The van der Waals surface area contributed by atoms with Gasteiger partial charge in [0.2, 0.25) is 4.96 Å². The van der Waals surface area contributed by atoms with Crippen molar-refractivity contribution in [3.63, 3.8) is 0 Å². The van der Waals surface area contributed by atoms with E-state index in [4.69, 9.17) is 0 Å². The number of hydrogen-bond acceptors (Lipinski definition) is 3. The average Bonchev–Trinajstić information content (AvgIpc) is 3.08. The number of aromatic nitrogens is 3. The second kappa shape index (κ2) is 5.30. The van der Waals surface area contributed by atoms with E-state index < -0.39 is 0 Å². The fourth-order valence-electron chi connectivity index (χ4n) is 2.25. The van der Waals surface area contributed by atoms with E-state index in [1.165, 1.54) is 23.5 Å². The average molecular weight is 374 g/mol. The molecule has 3 nitrogen and oxygen atoms in total. The zero-order valence-electron chi connectivity index (χ0n) is 11.2. The number of halogens is 2. The third-order valence-corrected chi connectivity index (χ3v) is 4.65. The number of hydrogen-bond donors (Lipinski definition) is 0. The van der Waals surface area contributed by atoms with Gasteiger partial charge in [0.05, 0.1) is 5.69 Å². The number of benzene rings is 2. The van der Waals surface area contributed by atoms with Crippen LogP contribution < -0.4 is 0 Å². The third kappa shape index (κ3) is 2.34. The van der Waals surface area contributed by atoms with Gasteiger partial charge in [-0.2, -0.15) is 4.98 Å². The Hall–Kier alpha value is -2.05. The summed E-state index contributed by atoms with van der Waals surface area (Å²) in [5, 5.41) is 6.54. The van der Waals surface area contributed by atoms with E-state index in [0.29, 0.717) is 11.4 Å². The Morgan fingerprint density at radius 2 is 1.86 bits per heavy atom. The van der Waals surface area contributed by atoms with Gasteiger partial charge < -0.3 is 0 Å². The molecular formula is C16H9BrFN3S. The molecule has 108 valence electrons. The van der Waals surface area contributed by atoms with E-state index in [-0.39, 0.29) is 5.82 Å². The number of nitrogens with zero attached hydrogens (tertiary/aromatic N) is 3. The minimum atomic E-state index is -0.288. The summed E-state index contributed by atoms with van der Waals surface area (Å²) in [6.07, 6.45) is 0. The molecule has 0 aliphatic rings. The molecule has 0 saturated carbocycles. The van der Waals surface area contributed by atoms with Gasteiger partial charge in [0.25, 0.3) is 0 Å². The lowest BCUT2D eigenvalue weighted by Crippen LogP contribution is -1.89. The topological polar surface area (TPSA) is 30.2 Å². The van der Waals surface area contributed by atoms with Gasteiger partial charge in [-0.15, -0.1) is 16.4 Å². The van der Waals surface area contributed by atoms with E-state index in [0.717, 1.165) is 20.7 Å². The highest BCUT2D eigenvalue weighted by Gasteiger charge is 2.13. The monoisotopic (exact) mass is 373 g/mol. The van der Waals surface area contributed by atoms with Gasteiger partial charge in [-0.25, -0.2) is 8.91 Å². The van der Waals surface area contributed by atoms with Crippen LogP contribution in [0.1, 0.15) is 0 Å². The van der Waals surface area contributed by atoms with Crippen molar-refractivity contribution < 1.29 is 4.39 Å². The SMILES string of the molecule is Fc1cccc(-c2nc3scc(-c4ccc(Br)cc4)n3n2)c1. The van der Waals surface area contributed by atoms with Crippen LogP contribution in [0.3, 0.4) is 0 Å². The smallest absolute Gasteiger partial charge is 0.207 e. The Morgan fingerprint density at radius 1 is 1.05 bits per heavy atom. The molecule has 0 spiro atoms. The quantitative estimate of drug-likeness (QED) is 0.493. The lowest BCUT2D eigenvalue weighted by Gasteiger charge is -1.99. The fourth-order valence-corrected chi connectivity index (χ4v) is 3.35. The zero-order chi connectivity index (χ0) is 15.1. The summed E-state index contributed by atoms with van der Waals surface area (Å²) in [6.45, 7) is 0. The second-order valence-electron chi connectivity index (χ2n) is 4.77. The fraction of sp³-hybridized carbons (Fsp3) is 0. The molecular weight excluding hydrogens is 365 g/mol. The Labute approximate surface area is 138 Å². The van der Waals surface area contributed by atoms with Crippen LogP contribution in [-0.2, 0) is 0 Å². The molecule has 0 N–H and O–H groups in total. The summed E-state index contributed by atoms with van der Waals surface area (Å²) in [4.78, 5) is 5.27. The van der Waals surface area contributed by atoms with E-state index >= 15 is 0 Å². The molecule has 0 saturated heterocycles. The van der Waals surface area contributed by atoms with Gasteiger partial charge in [-0.1, -0.05) is 40.2 Å². The van der Waals surface area contributed by atoms with Crippen molar-refractivity contribution in [3.8, 4) is 22.6 Å². The normalized spacial score (nSPS) is 11.2. The summed E-state index contributed by atoms with van der Waals surface area (Å²) in [6, 6.07) is 14.3. The first-order valence-electron chi connectivity index (χ1n) is 6.57. The van der Waals surface area contributed by atoms with Gasteiger partial charge >= 0.3 is 0 Å². The van der Waals surface area contributed by atoms with Gasteiger partial charge in [0.15, 0.2) is 5.82 Å². The van der Waals surface area contributed by atoms with Crippen LogP contribution in [0.2, 0.25) is 0 Å². The molecule has 2 aromatic carbocycles. The molecule has 0 atom stereocenters. The third-order valence-electron chi connectivity index (χ3n) is 3.30. The lowest BCUT2D eigenvalue weighted by molar-refractivity contribution is 0.628. The van der Waals surface area contributed by atoms with E-state index in [1.807, 2.05) is 35.7 Å². The Bertz CT molecular complexity index is 959. The molecule has 2 heterocycles. The first-order valence-corrected chi connectivity index (χ1v) is 8.24. The van der Waals surface area contributed by atoms with Crippen molar-refractivity contribution in [1.82, 2.24) is 14.6 Å². The summed E-state index contributed by atoms with van der Waals surface area (Å²) >= 11 is 4.95. The largest absolute Gasteiger partial charge is 0.213 e. The van der Waals surface area contributed by atoms with Crippen molar-refractivity contribution in [1.29, 1.82) is 0 Å². The summed E-state index contributed by atoms with van der Waals surface area (Å²) in [5.41, 5.74) is 2.71. The van der Waals surface area contributed by atoms with Gasteiger partial charge in [0, 0.05) is 21.0 Å². The summed E-state index contributed by atoms with van der Waals surface area (Å²) in [5.74, 6) is 0.244. The van der Waals surface area contributed by atoms with Gasteiger partial charge in [-0.05, 0) is 24.3 Å². The van der Waals surface area contributed by atoms with Crippen molar-refractivity contribution >= 4 is 32.2 Å². The predicted molar refractivity (Wildman–Crippen MR) is 89.4 cm³/mol. The molecule has 0 aliphatic carbocycles. The van der Waals surface area contributed by atoms with Gasteiger partial charge in [-0.3, -0.25) is 0 Å². The predicted octanol–water partition coefficient (Wildman–Crippen LogP) is 5.03. The first-order chi connectivity index (χ1) is 10.7. The minimum absolute atomic E-state index is 0.288. The maximum atomic E-state index is 13.4. The molecule has 6 heteroatoms. The molecule has 4 rings (SSSR count). The molecule has 22 heavy (non-hydrogen) atoms. The molecule has 0 aliphatic heterocycles. The van der Waals surface area contributed by atoms with E-state index in [1.54, 1.807) is 10.6 Å². The highest BCUT2D eigenvalue weighted by atomic mass is 79.9. The maximum Gasteiger partial charge on any atom is 0.213 e. The molecule has 2 aromatic heterocycles. The van der Waals surface area contributed by atoms with Crippen LogP contribution in [0.5, 0.6) is 0 Å². The van der Waals surface area contributed by atoms with E-state index in [2.05, 4.69) is 26.0 Å². The van der Waals surface area contributed by atoms with Crippen molar-refractivity contribution in [2.24, 2.45) is 0 Å². The van der Waals surface area contributed by atoms with Crippen LogP contribution in [-0.4, -0.2) is 14.6 Å². The second-order valence-corrected chi connectivity index (χ2v) is 6.52. The van der Waals surface area contributed by atoms with Crippen LogP contribution in [0.4, 0.5) is 4.39 Å². The molecule has 0 bridgehead atoms. The van der Waals surface area contributed by atoms with Crippen molar-refractivity contribution in [2.45, 2.75) is 0 Å². The standard InChI is InChI=1S/C16H9BrFN3S/c17-12-6-4-10(5-7-12)14-9-22-16-19-15(20-21(14)16)11-2-1-3-13(18)8-11/h1-9H. The highest BCUT2D eigenvalue weighted by molar-refractivity contribution is 9.10. The molecule has 0 amide bonds. The molecule has 0 fully saturated rings. The zero-order valence-corrected chi connectivity index (χ0v) is 13.6. The highest BCUT2D eigenvalue weighted by Crippen LogP contribution is 2.28. The summed E-state index contributed by atoms with van der Waals surface area (Å²) in [7, 11) is 0. The number of fused-ring (bicyclic) bond motifs is 1. The first kappa shape index (κ1) is 13.6. The molecule has 4 aromatic rings. The van der Waals surface area contributed by atoms with Crippen LogP contribution >= 0.6 is 27.3 Å². The number of thiazole rings is 1. The molecule has 0 radical (unpaired) electrons. The maximum absolute atomic E-state index is 13.4. The Morgan fingerprint density at radius 3 is 2.64 bits per heavy atom. The van der Waals surface area contributed by atoms with Crippen LogP contribution in [0.25, 0.3) is 27.6 Å². The number of rotatable bonds is 2. The van der Waals surface area contributed by atoms with Gasteiger partial charge in [0.1, 0.15) is 5.82 Å². The van der Waals surface area contributed by atoms with E-state index in [9.17, 15) is 4.39 Å². The van der Waals surface area contributed by atoms with Crippen molar-refractivity contribution in [2.75, 3.05) is 0 Å². The minimum Gasteiger partial charge on any atom is -0.207 e. The Kier molecular flexibility index (Phi) is 3.28. The summed E-state index contributed by atoms with van der Waals surface area (Å²) < 4.78 is 16.2.